The van der Waals surface area contributed by atoms with Crippen molar-refractivity contribution in [2.45, 2.75) is 26.3 Å². The molecule has 1 atom stereocenters. The van der Waals surface area contributed by atoms with Gasteiger partial charge < -0.3 is 5.32 Å². The summed E-state index contributed by atoms with van der Waals surface area (Å²) in [7, 11) is 0. The molecule has 0 aliphatic heterocycles. The molecular weight excluding hydrogens is 226 g/mol. The summed E-state index contributed by atoms with van der Waals surface area (Å²) < 4.78 is 1.15. The van der Waals surface area contributed by atoms with Crippen molar-refractivity contribution in [3.63, 3.8) is 0 Å². The summed E-state index contributed by atoms with van der Waals surface area (Å²) in [6, 6.07) is 8.97. The number of benzene rings is 1. The highest BCUT2D eigenvalue weighted by Gasteiger charge is 2.06. The van der Waals surface area contributed by atoms with Crippen LogP contribution in [0.4, 0.5) is 0 Å². The second kappa shape index (κ2) is 5.40. The molecular formula is C11H16BrN. The first-order valence-corrected chi connectivity index (χ1v) is 5.56. The Kier molecular flexibility index (Phi) is 4.46. The highest BCUT2D eigenvalue weighted by molar-refractivity contribution is 9.10. The Morgan fingerprint density at radius 3 is 2.69 bits per heavy atom. The lowest BCUT2D eigenvalue weighted by atomic mass is 10.1. The number of halogens is 1. The fraction of sp³-hybridized carbons (Fsp3) is 0.455. The predicted molar refractivity (Wildman–Crippen MR) is 60.9 cm³/mol. The molecule has 72 valence electrons. The summed E-state index contributed by atoms with van der Waals surface area (Å²) >= 11 is 3.48. The van der Waals surface area contributed by atoms with Gasteiger partial charge in [0.15, 0.2) is 0 Å². The molecule has 1 nitrogen and oxygen atoms in total. The van der Waals surface area contributed by atoms with Gasteiger partial charge in [0.25, 0.3) is 0 Å². The minimum absolute atomic E-state index is 0.488. The van der Waals surface area contributed by atoms with E-state index in [4.69, 9.17) is 0 Å². The van der Waals surface area contributed by atoms with Gasteiger partial charge in [-0.3, -0.25) is 0 Å². The van der Waals surface area contributed by atoms with Crippen LogP contribution < -0.4 is 5.32 Å². The molecule has 0 aliphatic rings. The van der Waals surface area contributed by atoms with E-state index < -0.39 is 0 Å². The highest BCUT2D eigenvalue weighted by Crippen LogP contribution is 2.20. The lowest BCUT2D eigenvalue weighted by Gasteiger charge is -2.16. The molecule has 13 heavy (non-hydrogen) atoms. The van der Waals surface area contributed by atoms with Crippen LogP contribution in [-0.2, 0) is 0 Å². The molecule has 0 bridgehead atoms. The first-order valence-electron chi connectivity index (χ1n) is 4.76. The van der Waals surface area contributed by atoms with Gasteiger partial charge in [-0.25, -0.2) is 0 Å². The van der Waals surface area contributed by atoms with Gasteiger partial charge in [0, 0.05) is 10.5 Å². The van der Waals surface area contributed by atoms with Crippen molar-refractivity contribution >= 4 is 15.9 Å². The summed E-state index contributed by atoms with van der Waals surface area (Å²) in [6.45, 7) is 5.36. The van der Waals surface area contributed by atoms with E-state index in [2.05, 4.69) is 59.4 Å². The Labute approximate surface area is 88.7 Å². The Morgan fingerprint density at radius 2 is 2.15 bits per heavy atom. The van der Waals surface area contributed by atoms with Crippen molar-refractivity contribution in [2.24, 2.45) is 0 Å². The quantitative estimate of drug-likeness (QED) is 0.851. The van der Waals surface area contributed by atoms with Gasteiger partial charge in [-0.05, 0) is 30.7 Å². The topological polar surface area (TPSA) is 12.0 Å². The molecule has 0 spiro atoms. The first-order chi connectivity index (χ1) is 6.27. The zero-order chi connectivity index (χ0) is 9.68. The second-order valence-corrected chi connectivity index (χ2v) is 3.99. The van der Waals surface area contributed by atoms with Crippen LogP contribution in [-0.4, -0.2) is 6.54 Å². The lowest BCUT2D eigenvalue weighted by Crippen LogP contribution is -2.19. The molecule has 1 N–H and O–H groups in total. The Hall–Kier alpha value is -0.340. The average Bonchev–Trinajstić information content (AvgIpc) is 2.14. The minimum atomic E-state index is 0.488. The van der Waals surface area contributed by atoms with Gasteiger partial charge >= 0.3 is 0 Å². The number of nitrogens with one attached hydrogen (secondary N) is 1. The molecule has 0 saturated carbocycles. The molecule has 0 heterocycles. The molecule has 2 heteroatoms. The van der Waals surface area contributed by atoms with E-state index >= 15 is 0 Å². The molecule has 1 aromatic carbocycles. The third-order valence-electron chi connectivity index (χ3n) is 2.11. The SMILES string of the molecule is CCNC(CC)c1cccc(Br)c1. The Bertz CT molecular complexity index is 260. The molecule has 0 radical (unpaired) electrons. The maximum absolute atomic E-state index is 3.48. The highest BCUT2D eigenvalue weighted by atomic mass is 79.9. The summed E-state index contributed by atoms with van der Waals surface area (Å²) in [4.78, 5) is 0. The summed E-state index contributed by atoms with van der Waals surface area (Å²) in [5.74, 6) is 0. The zero-order valence-electron chi connectivity index (χ0n) is 8.18. The van der Waals surface area contributed by atoms with Crippen molar-refractivity contribution in [1.29, 1.82) is 0 Å². The zero-order valence-corrected chi connectivity index (χ0v) is 9.76. The van der Waals surface area contributed by atoms with Gasteiger partial charge in [-0.1, -0.05) is 41.9 Å². The first kappa shape index (κ1) is 10.7. The number of hydrogen-bond donors (Lipinski definition) is 1. The second-order valence-electron chi connectivity index (χ2n) is 3.07. The molecule has 1 unspecified atom stereocenters. The summed E-state index contributed by atoms with van der Waals surface area (Å²) in [5.41, 5.74) is 1.36. The van der Waals surface area contributed by atoms with E-state index in [-0.39, 0.29) is 0 Å². The van der Waals surface area contributed by atoms with E-state index in [9.17, 15) is 0 Å². The van der Waals surface area contributed by atoms with Crippen molar-refractivity contribution in [2.75, 3.05) is 6.54 Å². The van der Waals surface area contributed by atoms with E-state index in [1.54, 1.807) is 0 Å². The molecule has 1 aromatic rings. The fourth-order valence-corrected chi connectivity index (χ4v) is 1.88. The van der Waals surface area contributed by atoms with E-state index in [0.717, 1.165) is 17.4 Å². The predicted octanol–water partition coefficient (Wildman–Crippen LogP) is 3.51. The van der Waals surface area contributed by atoms with E-state index in [0.29, 0.717) is 6.04 Å². The minimum Gasteiger partial charge on any atom is -0.310 e. The fourth-order valence-electron chi connectivity index (χ4n) is 1.47. The smallest absolute Gasteiger partial charge is 0.0317 e. The van der Waals surface area contributed by atoms with Crippen molar-refractivity contribution < 1.29 is 0 Å². The molecule has 0 fully saturated rings. The molecule has 0 saturated heterocycles. The molecule has 0 amide bonds. The largest absolute Gasteiger partial charge is 0.310 e. The Balaban J connectivity index is 2.78. The van der Waals surface area contributed by atoms with Crippen molar-refractivity contribution in [1.82, 2.24) is 5.32 Å². The van der Waals surface area contributed by atoms with Crippen molar-refractivity contribution in [3.05, 3.63) is 34.3 Å². The summed E-state index contributed by atoms with van der Waals surface area (Å²) in [5, 5.41) is 3.45. The standard InChI is InChI=1S/C11H16BrN/c1-3-11(13-4-2)9-6-5-7-10(12)8-9/h5-8,11,13H,3-4H2,1-2H3. The van der Waals surface area contributed by atoms with Crippen LogP contribution in [0.5, 0.6) is 0 Å². The molecule has 0 aromatic heterocycles. The number of hydrogen-bond acceptors (Lipinski definition) is 1. The monoisotopic (exact) mass is 241 g/mol. The van der Waals surface area contributed by atoms with E-state index in [1.807, 2.05) is 0 Å². The maximum Gasteiger partial charge on any atom is 0.0317 e. The molecule has 1 rings (SSSR count). The van der Waals surface area contributed by atoms with Gasteiger partial charge in [-0.2, -0.15) is 0 Å². The van der Waals surface area contributed by atoms with Crippen molar-refractivity contribution in [3.8, 4) is 0 Å². The maximum atomic E-state index is 3.48. The van der Waals surface area contributed by atoms with Gasteiger partial charge in [0.1, 0.15) is 0 Å². The van der Waals surface area contributed by atoms with Gasteiger partial charge in [0.05, 0.1) is 0 Å². The van der Waals surface area contributed by atoms with Crippen LogP contribution in [0.2, 0.25) is 0 Å². The van der Waals surface area contributed by atoms with Crippen LogP contribution >= 0.6 is 15.9 Å². The lowest BCUT2D eigenvalue weighted by molar-refractivity contribution is 0.537. The van der Waals surface area contributed by atoms with Crippen LogP contribution in [0.3, 0.4) is 0 Å². The Morgan fingerprint density at radius 1 is 1.38 bits per heavy atom. The average molecular weight is 242 g/mol. The van der Waals surface area contributed by atoms with E-state index in [1.165, 1.54) is 5.56 Å². The normalized spacial score (nSPS) is 12.8. The summed E-state index contributed by atoms with van der Waals surface area (Å²) in [6.07, 6.45) is 1.13. The van der Waals surface area contributed by atoms with Crippen LogP contribution in [0.15, 0.2) is 28.7 Å². The third kappa shape index (κ3) is 3.12. The van der Waals surface area contributed by atoms with Crippen LogP contribution in [0.25, 0.3) is 0 Å². The number of rotatable bonds is 4. The van der Waals surface area contributed by atoms with Gasteiger partial charge in [-0.15, -0.1) is 0 Å². The van der Waals surface area contributed by atoms with Crippen LogP contribution in [0.1, 0.15) is 31.9 Å². The molecule has 0 aliphatic carbocycles. The third-order valence-corrected chi connectivity index (χ3v) is 2.60. The van der Waals surface area contributed by atoms with Crippen LogP contribution in [0, 0.1) is 0 Å². The van der Waals surface area contributed by atoms with Gasteiger partial charge in [0.2, 0.25) is 0 Å².